The molecule has 2 aromatic rings. The number of rotatable bonds is 8. The summed E-state index contributed by atoms with van der Waals surface area (Å²) >= 11 is 0. The highest BCUT2D eigenvalue weighted by molar-refractivity contribution is 5.97. The van der Waals surface area contributed by atoms with E-state index in [1.54, 1.807) is 44.4 Å². The Morgan fingerprint density at radius 3 is 2.36 bits per heavy atom. The number of amides is 3. The molecule has 0 unspecified atom stereocenters. The van der Waals surface area contributed by atoms with E-state index in [2.05, 4.69) is 10.6 Å². The number of carbonyl (C=O) groups is 3. The molecule has 1 atom stereocenters. The molecule has 0 bridgehead atoms. The van der Waals surface area contributed by atoms with Crippen LogP contribution in [-0.2, 0) is 20.7 Å². The molecular weight excluding hydrogens is 360 g/mol. The summed E-state index contributed by atoms with van der Waals surface area (Å²) < 4.78 is 10.7. The zero-order valence-corrected chi connectivity index (χ0v) is 15.9. The Kier molecular flexibility index (Phi) is 8.02. The number of urea groups is 1. The molecule has 0 saturated heterocycles. The van der Waals surface area contributed by atoms with Crippen LogP contribution in [0.5, 0.6) is 5.75 Å². The van der Waals surface area contributed by atoms with Crippen molar-refractivity contribution in [3.05, 3.63) is 65.7 Å². The quantitative estimate of drug-likeness (QED) is 0.683. The number of para-hydroxylation sites is 1. The standard InChI is InChI=1S/C21H24N2O5/c1-3-22-21(26)23-20(25)19(16-10-5-4-6-11-16)28-18(24)14-13-15-9-7-8-12-17(15)27-2/h4-12,19H,3,13-14H2,1-2H3,(H2,22,23,25,26)/t19-/m1/s1. The average molecular weight is 384 g/mol. The molecule has 2 N–H and O–H groups in total. The molecule has 0 aliphatic carbocycles. The van der Waals surface area contributed by atoms with Gasteiger partial charge < -0.3 is 14.8 Å². The van der Waals surface area contributed by atoms with Gasteiger partial charge in [-0.15, -0.1) is 0 Å². The Balaban J connectivity index is 2.06. The van der Waals surface area contributed by atoms with Crippen LogP contribution in [0.3, 0.4) is 0 Å². The van der Waals surface area contributed by atoms with Crippen LogP contribution in [-0.4, -0.2) is 31.6 Å². The minimum Gasteiger partial charge on any atom is -0.496 e. The molecule has 0 aliphatic rings. The molecule has 148 valence electrons. The van der Waals surface area contributed by atoms with Crippen molar-refractivity contribution in [1.29, 1.82) is 0 Å². The van der Waals surface area contributed by atoms with E-state index < -0.39 is 24.0 Å². The Bertz CT molecular complexity index is 807. The molecule has 0 fully saturated rings. The number of hydrogen-bond donors (Lipinski definition) is 2. The van der Waals surface area contributed by atoms with E-state index in [1.807, 2.05) is 24.3 Å². The fourth-order valence-corrected chi connectivity index (χ4v) is 2.62. The van der Waals surface area contributed by atoms with Gasteiger partial charge in [-0.1, -0.05) is 48.5 Å². The first-order valence-electron chi connectivity index (χ1n) is 9.00. The maximum absolute atomic E-state index is 12.5. The minimum absolute atomic E-state index is 0.0676. The van der Waals surface area contributed by atoms with Gasteiger partial charge in [-0.25, -0.2) is 4.79 Å². The molecule has 7 nitrogen and oxygen atoms in total. The first-order valence-corrected chi connectivity index (χ1v) is 9.00. The van der Waals surface area contributed by atoms with E-state index in [0.29, 0.717) is 24.3 Å². The van der Waals surface area contributed by atoms with Gasteiger partial charge >= 0.3 is 12.0 Å². The van der Waals surface area contributed by atoms with E-state index in [9.17, 15) is 14.4 Å². The summed E-state index contributed by atoms with van der Waals surface area (Å²) in [6.07, 6.45) is -0.741. The second-order valence-electron chi connectivity index (χ2n) is 5.94. The molecule has 7 heteroatoms. The van der Waals surface area contributed by atoms with E-state index in [-0.39, 0.29) is 6.42 Å². The second kappa shape index (κ2) is 10.7. The van der Waals surface area contributed by atoms with Crippen molar-refractivity contribution in [2.45, 2.75) is 25.9 Å². The monoisotopic (exact) mass is 384 g/mol. The largest absolute Gasteiger partial charge is 0.496 e. The predicted octanol–water partition coefficient (Wildman–Crippen LogP) is 2.76. The summed E-state index contributed by atoms with van der Waals surface area (Å²) in [5, 5.41) is 4.66. The van der Waals surface area contributed by atoms with Crippen LogP contribution in [0.4, 0.5) is 4.79 Å². The molecule has 0 aliphatic heterocycles. The van der Waals surface area contributed by atoms with Crippen molar-refractivity contribution < 1.29 is 23.9 Å². The van der Waals surface area contributed by atoms with Crippen LogP contribution in [0.1, 0.15) is 30.6 Å². The van der Waals surface area contributed by atoms with Gasteiger partial charge in [0.05, 0.1) is 7.11 Å². The molecule has 0 saturated carbocycles. The second-order valence-corrected chi connectivity index (χ2v) is 5.94. The highest BCUT2D eigenvalue weighted by Crippen LogP contribution is 2.21. The Hall–Kier alpha value is -3.35. The van der Waals surface area contributed by atoms with Crippen LogP contribution in [0, 0.1) is 0 Å². The minimum atomic E-state index is -1.21. The number of hydrogen-bond acceptors (Lipinski definition) is 5. The van der Waals surface area contributed by atoms with Crippen LogP contribution in [0.25, 0.3) is 0 Å². The third-order valence-electron chi connectivity index (χ3n) is 3.95. The maximum atomic E-state index is 12.5. The lowest BCUT2D eigenvalue weighted by molar-refractivity contribution is -0.156. The lowest BCUT2D eigenvalue weighted by Crippen LogP contribution is -2.42. The van der Waals surface area contributed by atoms with Crippen molar-refractivity contribution in [3.8, 4) is 5.75 Å². The number of nitrogens with one attached hydrogen (secondary N) is 2. The summed E-state index contributed by atoms with van der Waals surface area (Å²) in [6, 6.07) is 15.3. The number of ether oxygens (including phenoxy) is 2. The highest BCUT2D eigenvalue weighted by Gasteiger charge is 2.26. The van der Waals surface area contributed by atoms with Gasteiger partial charge in [0, 0.05) is 18.5 Å². The molecular formula is C21H24N2O5. The van der Waals surface area contributed by atoms with E-state index >= 15 is 0 Å². The third-order valence-corrected chi connectivity index (χ3v) is 3.95. The van der Waals surface area contributed by atoms with Gasteiger partial charge in [0.15, 0.2) is 0 Å². The molecule has 28 heavy (non-hydrogen) atoms. The van der Waals surface area contributed by atoms with Crippen molar-refractivity contribution in [1.82, 2.24) is 10.6 Å². The topological polar surface area (TPSA) is 93.7 Å². The van der Waals surface area contributed by atoms with E-state index in [1.165, 1.54) is 0 Å². The summed E-state index contributed by atoms with van der Waals surface area (Å²) in [5.41, 5.74) is 1.35. The number of esters is 1. The fourth-order valence-electron chi connectivity index (χ4n) is 2.62. The molecule has 2 aromatic carbocycles. The maximum Gasteiger partial charge on any atom is 0.321 e. The lowest BCUT2D eigenvalue weighted by atomic mass is 10.1. The number of benzene rings is 2. The molecule has 0 heterocycles. The van der Waals surface area contributed by atoms with E-state index in [4.69, 9.17) is 9.47 Å². The van der Waals surface area contributed by atoms with Crippen molar-refractivity contribution >= 4 is 17.9 Å². The summed E-state index contributed by atoms with van der Waals surface area (Å²) in [4.78, 5) is 36.5. The van der Waals surface area contributed by atoms with Gasteiger partial charge in [-0.2, -0.15) is 0 Å². The molecule has 0 radical (unpaired) electrons. The average Bonchev–Trinajstić information content (AvgIpc) is 2.71. The van der Waals surface area contributed by atoms with E-state index in [0.717, 1.165) is 5.56 Å². The SMILES string of the molecule is CCNC(=O)NC(=O)[C@H](OC(=O)CCc1ccccc1OC)c1ccccc1. The lowest BCUT2D eigenvalue weighted by Gasteiger charge is -2.18. The third kappa shape index (κ3) is 6.12. The van der Waals surface area contributed by atoms with Gasteiger partial charge in [0.25, 0.3) is 5.91 Å². The normalized spacial score (nSPS) is 11.2. The number of aryl methyl sites for hydroxylation is 1. The Labute approximate surface area is 164 Å². The van der Waals surface area contributed by atoms with Crippen molar-refractivity contribution in [2.24, 2.45) is 0 Å². The highest BCUT2D eigenvalue weighted by atomic mass is 16.5. The van der Waals surface area contributed by atoms with Crippen LogP contribution in [0.15, 0.2) is 54.6 Å². The zero-order valence-electron chi connectivity index (χ0n) is 15.9. The van der Waals surface area contributed by atoms with Crippen LogP contribution < -0.4 is 15.4 Å². The van der Waals surface area contributed by atoms with Gasteiger partial charge in [-0.3, -0.25) is 14.9 Å². The first kappa shape index (κ1) is 21.0. The first-order chi connectivity index (χ1) is 13.5. The van der Waals surface area contributed by atoms with Crippen LogP contribution >= 0.6 is 0 Å². The van der Waals surface area contributed by atoms with Gasteiger partial charge in [0.2, 0.25) is 6.10 Å². The zero-order chi connectivity index (χ0) is 20.4. The molecule has 2 rings (SSSR count). The van der Waals surface area contributed by atoms with Crippen molar-refractivity contribution in [2.75, 3.05) is 13.7 Å². The summed E-state index contributed by atoms with van der Waals surface area (Å²) in [7, 11) is 1.56. The number of carbonyl (C=O) groups excluding carboxylic acids is 3. The van der Waals surface area contributed by atoms with Gasteiger partial charge in [-0.05, 0) is 25.0 Å². The van der Waals surface area contributed by atoms with Crippen LogP contribution in [0.2, 0.25) is 0 Å². The molecule has 0 aromatic heterocycles. The van der Waals surface area contributed by atoms with Gasteiger partial charge in [0.1, 0.15) is 5.75 Å². The van der Waals surface area contributed by atoms with Crippen molar-refractivity contribution in [3.63, 3.8) is 0 Å². The molecule has 3 amide bonds. The smallest absolute Gasteiger partial charge is 0.321 e. The Morgan fingerprint density at radius 1 is 1.00 bits per heavy atom. The summed E-state index contributed by atoms with van der Waals surface area (Å²) in [5.74, 6) is -0.572. The molecule has 0 spiro atoms. The number of methoxy groups -OCH3 is 1. The number of imide groups is 1. The summed E-state index contributed by atoms with van der Waals surface area (Å²) in [6.45, 7) is 2.10. The predicted molar refractivity (Wildman–Crippen MR) is 104 cm³/mol. The fraction of sp³-hybridized carbons (Fsp3) is 0.286. The Morgan fingerprint density at radius 2 is 1.68 bits per heavy atom.